The third-order valence-electron chi connectivity index (χ3n) is 12.7. The fourth-order valence-electron chi connectivity index (χ4n) is 9.07. The molecule has 3 aromatic heterocycles. The minimum absolute atomic E-state index is 0. The van der Waals surface area contributed by atoms with Crippen molar-refractivity contribution in [3.63, 3.8) is 0 Å². The zero-order valence-corrected chi connectivity index (χ0v) is 41.5. The summed E-state index contributed by atoms with van der Waals surface area (Å²) in [5.41, 5.74) is 18.0. The third-order valence-corrected chi connectivity index (χ3v) is 12.7. The topological polar surface area (TPSA) is 50.9 Å². The van der Waals surface area contributed by atoms with Crippen LogP contribution in [-0.2, 0) is 31.9 Å². The number of para-hydroxylation sites is 3. The summed E-state index contributed by atoms with van der Waals surface area (Å²) in [6, 6.07) is 55.3. The number of benzene rings is 6. The van der Waals surface area contributed by atoms with E-state index in [1.165, 1.54) is 55.3 Å². The van der Waals surface area contributed by atoms with Crippen LogP contribution in [0.15, 0.2) is 152 Å². The maximum atomic E-state index is 11.1. The second-order valence-electron chi connectivity index (χ2n) is 20.0. The van der Waals surface area contributed by atoms with Gasteiger partial charge in [0.05, 0.1) is 16.7 Å². The van der Waals surface area contributed by atoms with Gasteiger partial charge in [0.15, 0.2) is 0 Å². The molecule has 9 rings (SSSR count). The first-order valence-electron chi connectivity index (χ1n) is 22.7. The minimum Gasteiger partial charge on any atom is -0.507 e. The number of rotatable bonds is 8. The van der Waals surface area contributed by atoms with E-state index in [0.717, 1.165) is 39.2 Å². The van der Waals surface area contributed by atoms with Gasteiger partial charge in [-0.05, 0) is 116 Å². The van der Waals surface area contributed by atoms with Crippen LogP contribution in [-0.4, -0.2) is 19.6 Å². The van der Waals surface area contributed by atoms with Crippen LogP contribution in [0.25, 0.3) is 83.5 Å². The quantitative estimate of drug-likeness (QED) is 0.154. The molecule has 65 heavy (non-hydrogen) atoms. The molecule has 4 nitrogen and oxygen atoms in total. The normalized spacial score (nSPS) is 12.1. The molecule has 0 aliphatic heterocycles. The van der Waals surface area contributed by atoms with Gasteiger partial charge in [-0.3, -0.25) is 9.97 Å². The first-order valence-corrected chi connectivity index (χ1v) is 22.7. The molecule has 0 bridgehead atoms. The summed E-state index contributed by atoms with van der Waals surface area (Å²) in [6.07, 6.45) is 1.93. The van der Waals surface area contributed by atoms with Gasteiger partial charge in [-0.2, -0.15) is 0 Å². The number of aromatic hydroxyl groups is 1. The Hall–Kier alpha value is -6.09. The van der Waals surface area contributed by atoms with Crippen LogP contribution in [0.3, 0.4) is 0 Å². The molecular formula is C60H58N3OPt-. The van der Waals surface area contributed by atoms with Gasteiger partial charge in [0.1, 0.15) is 5.75 Å². The summed E-state index contributed by atoms with van der Waals surface area (Å²) in [5, 5.41) is 13.6. The van der Waals surface area contributed by atoms with Gasteiger partial charge < -0.3 is 9.67 Å². The fourth-order valence-corrected chi connectivity index (χ4v) is 9.07. The molecule has 330 valence electrons. The number of pyridine rings is 2. The first kappa shape index (κ1) is 45.5. The first-order chi connectivity index (χ1) is 30.5. The van der Waals surface area contributed by atoms with Crippen LogP contribution >= 0.6 is 0 Å². The Balaban J connectivity index is 0.00000576. The predicted octanol–water partition coefficient (Wildman–Crippen LogP) is 16.3. The molecule has 6 aromatic carbocycles. The molecule has 1 N–H and O–H groups in total. The summed E-state index contributed by atoms with van der Waals surface area (Å²) in [6.45, 7) is 22.8. The van der Waals surface area contributed by atoms with Gasteiger partial charge in [-0.15, -0.1) is 24.3 Å². The van der Waals surface area contributed by atoms with Crippen molar-refractivity contribution in [1.29, 1.82) is 0 Å². The van der Waals surface area contributed by atoms with Crippen LogP contribution in [0.5, 0.6) is 5.75 Å². The number of hydrogen-bond donors (Lipinski definition) is 1. The molecule has 0 radical (unpaired) electrons. The number of nitrogens with zero attached hydrogens (tertiary/aromatic N) is 3. The van der Waals surface area contributed by atoms with Crippen LogP contribution in [0.2, 0.25) is 0 Å². The molecule has 3 heterocycles. The van der Waals surface area contributed by atoms with E-state index in [4.69, 9.17) is 9.97 Å². The van der Waals surface area contributed by atoms with E-state index in [1.807, 2.05) is 24.4 Å². The van der Waals surface area contributed by atoms with Crippen LogP contribution in [0, 0.1) is 6.07 Å². The van der Waals surface area contributed by atoms with E-state index in [2.05, 4.69) is 201 Å². The van der Waals surface area contributed by atoms with E-state index in [1.54, 1.807) is 6.07 Å². The second-order valence-corrected chi connectivity index (χ2v) is 20.0. The standard InChI is InChI=1S/C60H58N3O.Pt/c1-37(2)50-35-46(63-55-23-14-11-20-47(55)48-21-12-15-24-56(48)63)36-51(38(3)4)58(50)41-26-27-61-52(31-41)39-18-17-19-40(28-39)53-32-43(33-54(62-53)49-22-13-16-25-57(49)64)42-29-44(59(5,6)7)34-45(30-42)60(8,9)10;/h11-27,29-38,64H,1-10H3;/q-1;. The fraction of sp³-hybridized carbons (Fsp3) is 0.233. The van der Waals surface area contributed by atoms with E-state index in [-0.39, 0.29) is 49.5 Å². The molecule has 0 atom stereocenters. The number of phenolic OH excluding ortho intramolecular Hbond substituents is 1. The average molecular weight is 1030 g/mol. The van der Waals surface area contributed by atoms with E-state index in [9.17, 15) is 5.11 Å². The van der Waals surface area contributed by atoms with Crippen molar-refractivity contribution >= 4 is 21.8 Å². The molecule has 0 amide bonds. The van der Waals surface area contributed by atoms with E-state index >= 15 is 0 Å². The van der Waals surface area contributed by atoms with Gasteiger partial charge in [0.2, 0.25) is 0 Å². The molecule has 0 aliphatic rings. The van der Waals surface area contributed by atoms with Crippen LogP contribution in [0.1, 0.15) is 103 Å². The van der Waals surface area contributed by atoms with Crippen LogP contribution in [0.4, 0.5) is 0 Å². The Morgan fingerprint density at radius 3 is 1.60 bits per heavy atom. The summed E-state index contributed by atoms with van der Waals surface area (Å²) < 4.78 is 2.43. The molecule has 0 aliphatic carbocycles. The van der Waals surface area contributed by atoms with Crippen molar-refractivity contribution in [2.45, 2.75) is 91.9 Å². The monoisotopic (exact) mass is 1030 g/mol. The zero-order chi connectivity index (χ0) is 45.1. The molecular weight excluding hydrogens is 974 g/mol. The minimum atomic E-state index is -0.0453. The average Bonchev–Trinajstić information content (AvgIpc) is 3.62. The smallest absolute Gasteiger partial charge is 0.124 e. The maximum absolute atomic E-state index is 11.1. The van der Waals surface area contributed by atoms with Crippen molar-refractivity contribution in [1.82, 2.24) is 14.5 Å². The number of hydrogen-bond acceptors (Lipinski definition) is 3. The molecule has 5 heteroatoms. The van der Waals surface area contributed by atoms with Gasteiger partial charge in [-0.25, -0.2) is 0 Å². The predicted molar refractivity (Wildman–Crippen MR) is 270 cm³/mol. The van der Waals surface area contributed by atoms with Gasteiger partial charge >= 0.3 is 0 Å². The van der Waals surface area contributed by atoms with Crippen molar-refractivity contribution < 1.29 is 26.2 Å². The van der Waals surface area contributed by atoms with E-state index in [0.29, 0.717) is 11.3 Å². The summed E-state index contributed by atoms with van der Waals surface area (Å²) in [4.78, 5) is 10.2. The van der Waals surface area contributed by atoms with Gasteiger partial charge in [0, 0.05) is 60.7 Å². The van der Waals surface area contributed by atoms with Gasteiger partial charge in [-0.1, -0.05) is 159 Å². The van der Waals surface area contributed by atoms with Crippen molar-refractivity contribution in [3.8, 4) is 67.5 Å². The van der Waals surface area contributed by atoms with E-state index < -0.39 is 0 Å². The Morgan fingerprint density at radius 1 is 0.523 bits per heavy atom. The third kappa shape index (κ3) is 8.86. The molecule has 0 unspecified atom stereocenters. The van der Waals surface area contributed by atoms with Crippen LogP contribution < -0.4 is 0 Å². The number of phenols is 1. The Bertz CT molecular complexity index is 3100. The second kappa shape index (κ2) is 17.7. The Morgan fingerprint density at radius 2 is 1.03 bits per heavy atom. The molecule has 0 fully saturated rings. The number of fused-ring (bicyclic) bond motifs is 3. The van der Waals surface area contributed by atoms with Crippen molar-refractivity contribution in [3.05, 3.63) is 180 Å². The summed E-state index contributed by atoms with van der Waals surface area (Å²) >= 11 is 0. The summed E-state index contributed by atoms with van der Waals surface area (Å²) in [5.74, 6) is 0.736. The molecule has 0 saturated heterocycles. The SMILES string of the molecule is CC(C)c1cc(-n2c3ccccc3c3ccccc32)cc(C(C)C)c1-c1ccnc(-c2[c-]c(-c3cc(-c4cc(C(C)(C)C)cc(C(C)(C)C)c4)cc(-c4ccccc4O)n3)ccc2)c1.[Pt]. The van der Waals surface area contributed by atoms with Crippen molar-refractivity contribution in [2.24, 2.45) is 0 Å². The molecule has 0 saturated carbocycles. The maximum Gasteiger partial charge on any atom is 0.124 e. The molecule has 0 spiro atoms. The Kier molecular flexibility index (Phi) is 12.4. The largest absolute Gasteiger partial charge is 0.507 e. The zero-order valence-electron chi connectivity index (χ0n) is 39.2. The summed E-state index contributed by atoms with van der Waals surface area (Å²) in [7, 11) is 0. The van der Waals surface area contributed by atoms with Crippen molar-refractivity contribution in [2.75, 3.05) is 0 Å². The Labute approximate surface area is 399 Å². The number of aromatic nitrogens is 3. The van der Waals surface area contributed by atoms with Gasteiger partial charge in [0.25, 0.3) is 0 Å². The molecule has 9 aromatic rings.